The van der Waals surface area contributed by atoms with Crippen LogP contribution in [-0.4, -0.2) is 43.4 Å². The molecule has 94 valence electrons. The highest BCUT2D eigenvalue weighted by Gasteiger charge is 2.23. The maximum absolute atomic E-state index is 11.7. The zero-order valence-electron chi connectivity index (χ0n) is 10.4. The van der Waals surface area contributed by atoms with E-state index in [-0.39, 0.29) is 12.2 Å². The molecule has 0 N–H and O–H groups in total. The molecule has 0 spiro atoms. The second-order valence-electron chi connectivity index (χ2n) is 4.17. The third kappa shape index (κ3) is 4.39. The van der Waals surface area contributed by atoms with E-state index in [1.165, 1.54) is 0 Å². The summed E-state index contributed by atoms with van der Waals surface area (Å²) in [5.74, 6) is 0. The van der Waals surface area contributed by atoms with Crippen LogP contribution >= 0.6 is 0 Å². The average molecular weight is 229 g/mol. The highest BCUT2D eigenvalue weighted by atomic mass is 16.6. The fraction of sp³-hybridized carbons (Fsp3) is 0.917. The second-order valence-corrected chi connectivity index (χ2v) is 4.17. The van der Waals surface area contributed by atoms with Gasteiger partial charge in [-0.15, -0.1) is 0 Å². The fourth-order valence-electron chi connectivity index (χ4n) is 1.73. The van der Waals surface area contributed by atoms with E-state index in [4.69, 9.17) is 9.47 Å². The third-order valence-corrected chi connectivity index (χ3v) is 2.83. The molecular weight excluding hydrogens is 206 g/mol. The van der Waals surface area contributed by atoms with Gasteiger partial charge in [0.25, 0.3) is 0 Å². The zero-order valence-corrected chi connectivity index (χ0v) is 10.4. The summed E-state index contributed by atoms with van der Waals surface area (Å²) >= 11 is 0. The molecule has 1 unspecified atom stereocenters. The van der Waals surface area contributed by atoms with E-state index in [0.29, 0.717) is 26.3 Å². The van der Waals surface area contributed by atoms with E-state index in [9.17, 15) is 4.79 Å². The van der Waals surface area contributed by atoms with Gasteiger partial charge < -0.3 is 14.4 Å². The maximum atomic E-state index is 11.7. The van der Waals surface area contributed by atoms with Crippen molar-refractivity contribution >= 4 is 6.09 Å². The predicted molar refractivity (Wildman–Crippen MR) is 62.5 cm³/mol. The number of rotatable bonds is 5. The molecule has 0 bridgehead atoms. The van der Waals surface area contributed by atoms with Crippen molar-refractivity contribution in [3.63, 3.8) is 0 Å². The normalized spacial score (nSPS) is 20.9. The van der Waals surface area contributed by atoms with Crippen molar-refractivity contribution in [1.29, 1.82) is 0 Å². The zero-order chi connectivity index (χ0) is 11.8. The number of hydrogen-bond acceptors (Lipinski definition) is 3. The van der Waals surface area contributed by atoms with Crippen molar-refractivity contribution in [3.8, 4) is 0 Å². The lowest BCUT2D eigenvalue weighted by Crippen LogP contribution is -2.45. The third-order valence-electron chi connectivity index (χ3n) is 2.83. The molecule has 1 aliphatic heterocycles. The summed E-state index contributed by atoms with van der Waals surface area (Å²) in [7, 11) is 0. The number of unbranched alkanes of at least 4 members (excludes halogenated alkanes) is 2. The second kappa shape index (κ2) is 7.49. The van der Waals surface area contributed by atoms with Crippen LogP contribution in [0.1, 0.15) is 39.5 Å². The van der Waals surface area contributed by atoms with Crippen LogP contribution in [0.2, 0.25) is 0 Å². The number of carbonyl (C=O) groups is 1. The van der Waals surface area contributed by atoms with Gasteiger partial charge in [-0.1, -0.05) is 26.7 Å². The van der Waals surface area contributed by atoms with Crippen molar-refractivity contribution in [3.05, 3.63) is 0 Å². The van der Waals surface area contributed by atoms with E-state index in [1.807, 2.05) is 0 Å². The van der Waals surface area contributed by atoms with Crippen LogP contribution in [0.5, 0.6) is 0 Å². The molecule has 1 atom stereocenters. The van der Waals surface area contributed by atoms with Gasteiger partial charge in [-0.3, -0.25) is 0 Å². The Kier molecular flexibility index (Phi) is 6.23. The minimum atomic E-state index is -0.183. The van der Waals surface area contributed by atoms with Gasteiger partial charge in [0.2, 0.25) is 0 Å². The van der Waals surface area contributed by atoms with Crippen LogP contribution in [0.15, 0.2) is 0 Å². The Morgan fingerprint density at radius 1 is 1.44 bits per heavy atom. The summed E-state index contributed by atoms with van der Waals surface area (Å²) in [4.78, 5) is 13.4. The van der Waals surface area contributed by atoms with Crippen molar-refractivity contribution in [2.45, 2.75) is 45.6 Å². The molecular formula is C12H23NO3. The Labute approximate surface area is 97.9 Å². The molecule has 0 aromatic carbocycles. The van der Waals surface area contributed by atoms with Gasteiger partial charge in [0.1, 0.15) is 0 Å². The molecule has 1 heterocycles. The van der Waals surface area contributed by atoms with Gasteiger partial charge in [0, 0.05) is 6.54 Å². The number of carbonyl (C=O) groups excluding carboxylic acids is 1. The highest BCUT2D eigenvalue weighted by molar-refractivity contribution is 5.67. The first kappa shape index (κ1) is 13.3. The lowest BCUT2D eigenvalue weighted by atomic mass is 10.2. The molecule has 0 aliphatic carbocycles. The van der Waals surface area contributed by atoms with Crippen molar-refractivity contribution in [2.24, 2.45) is 0 Å². The van der Waals surface area contributed by atoms with Crippen LogP contribution in [0.3, 0.4) is 0 Å². The van der Waals surface area contributed by atoms with Gasteiger partial charge in [-0.05, 0) is 12.8 Å². The number of morpholine rings is 1. The van der Waals surface area contributed by atoms with Crippen LogP contribution in [0, 0.1) is 0 Å². The molecule has 1 aliphatic rings. The summed E-state index contributed by atoms with van der Waals surface area (Å²) in [6.07, 6.45) is 4.17. The van der Waals surface area contributed by atoms with Crippen molar-refractivity contribution < 1.29 is 14.3 Å². The first-order chi connectivity index (χ1) is 7.77. The Bertz CT molecular complexity index is 208. The van der Waals surface area contributed by atoms with Gasteiger partial charge in [-0.2, -0.15) is 0 Å². The Balaban J connectivity index is 2.19. The van der Waals surface area contributed by atoms with Gasteiger partial charge in [-0.25, -0.2) is 4.79 Å². The summed E-state index contributed by atoms with van der Waals surface area (Å²) in [5.41, 5.74) is 0. The molecule has 0 saturated carbocycles. The van der Waals surface area contributed by atoms with Crippen LogP contribution in [-0.2, 0) is 9.47 Å². The van der Waals surface area contributed by atoms with E-state index in [0.717, 1.165) is 25.7 Å². The topological polar surface area (TPSA) is 38.8 Å². The SMILES string of the molecule is CCCCCOC(=O)N1CCOC(CC)C1. The van der Waals surface area contributed by atoms with Crippen LogP contribution in [0.25, 0.3) is 0 Å². The van der Waals surface area contributed by atoms with Crippen molar-refractivity contribution in [1.82, 2.24) is 4.90 Å². The minimum Gasteiger partial charge on any atom is -0.449 e. The van der Waals surface area contributed by atoms with E-state index in [1.54, 1.807) is 4.90 Å². The fourth-order valence-corrected chi connectivity index (χ4v) is 1.73. The molecule has 1 rings (SSSR count). The highest BCUT2D eigenvalue weighted by Crippen LogP contribution is 2.09. The van der Waals surface area contributed by atoms with Crippen molar-refractivity contribution in [2.75, 3.05) is 26.3 Å². The molecule has 0 radical (unpaired) electrons. The molecule has 0 aromatic rings. The summed E-state index contributed by atoms with van der Waals surface area (Å²) in [6.45, 7) is 6.70. The average Bonchev–Trinajstić information content (AvgIpc) is 2.34. The standard InChI is InChI=1S/C12H23NO3/c1-3-5-6-8-16-12(14)13-7-9-15-11(4-2)10-13/h11H,3-10H2,1-2H3. The van der Waals surface area contributed by atoms with E-state index >= 15 is 0 Å². The monoisotopic (exact) mass is 229 g/mol. The number of amides is 1. The molecule has 4 heteroatoms. The van der Waals surface area contributed by atoms with Gasteiger partial charge in [0.05, 0.1) is 25.9 Å². The Morgan fingerprint density at radius 3 is 2.94 bits per heavy atom. The summed E-state index contributed by atoms with van der Waals surface area (Å²) in [6, 6.07) is 0. The van der Waals surface area contributed by atoms with Crippen LogP contribution in [0.4, 0.5) is 4.79 Å². The smallest absolute Gasteiger partial charge is 0.409 e. The Hall–Kier alpha value is -0.770. The maximum Gasteiger partial charge on any atom is 0.409 e. The number of nitrogens with zero attached hydrogens (tertiary/aromatic N) is 1. The summed E-state index contributed by atoms with van der Waals surface area (Å²) in [5, 5.41) is 0. The van der Waals surface area contributed by atoms with E-state index < -0.39 is 0 Å². The largest absolute Gasteiger partial charge is 0.449 e. The predicted octanol–water partition coefficient (Wildman–Crippen LogP) is 2.42. The first-order valence-electron chi connectivity index (χ1n) is 6.31. The number of ether oxygens (including phenoxy) is 2. The molecule has 0 aromatic heterocycles. The lowest BCUT2D eigenvalue weighted by molar-refractivity contribution is -0.0284. The molecule has 1 fully saturated rings. The molecule has 1 saturated heterocycles. The first-order valence-corrected chi connectivity index (χ1v) is 6.31. The molecule has 16 heavy (non-hydrogen) atoms. The molecule has 1 amide bonds. The van der Waals surface area contributed by atoms with Gasteiger partial charge in [0.15, 0.2) is 0 Å². The van der Waals surface area contributed by atoms with E-state index in [2.05, 4.69) is 13.8 Å². The lowest BCUT2D eigenvalue weighted by Gasteiger charge is -2.31. The summed E-state index contributed by atoms with van der Waals surface area (Å²) < 4.78 is 10.7. The number of hydrogen-bond donors (Lipinski definition) is 0. The molecule has 4 nitrogen and oxygen atoms in total. The Morgan fingerprint density at radius 2 is 2.25 bits per heavy atom. The quantitative estimate of drug-likeness (QED) is 0.680. The minimum absolute atomic E-state index is 0.178. The van der Waals surface area contributed by atoms with Gasteiger partial charge >= 0.3 is 6.09 Å². The van der Waals surface area contributed by atoms with Crippen LogP contribution < -0.4 is 0 Å².